The Labute approximate surface area is 139 Å². The number of anilines is 1. The average molecular weight is 348 g/mol. The molecule has 0 aliphatic rings. The Kier molecular flexibility index (Phi) is 4.36. The van der Waals surface area contributed by atoms with Crippen molar-refractivity contribution >= 4 is 27.3 Å². The van der Waals surface area contributed by atoms with E-state index in [9.17, 15) is 8.42 Å². The Morgan fingerprint density at radius 2 is 1.74 bits per heavy atom. The first-order valence-electron chi connectivity index (χ1n) is 6.87. The molecule has 0 bridgehead atoms. The van der Waals surface area contributed by atoms with Crippen LogP contribution in [0.15, 0.2) is 60.9 Å². The van der Waals surface area contributed by atoms with E-state index in [1.807, 2.05) is 0 Å². The molecule has 0 aliphatic heterocycles. The molecule has 0 unspecified atom stereocenters. The van der Waals surface area contributed by atoms with E-state index in [1.165, 1.54) is 0 Å². The normalized spacial score (nSPS) is 11.3. The number of aromatic amines is 1. The van der Waals surface area contributed by atoms with Gasteiger partial charge in [0.05, 0.1) is 5.75 Å². The predicted molar refractivity (Wildman–Crippen MR) is 91.7 cm³/mol. The molecule has 7 heteroatoms. The number of hydrogen-bond donors (Lipinski definition) is 2. The smallest absolute Gasteiger partial charge is 0.236 e. The molecule has 0 atom stereocenters. The van der Waals surface area contributed by atoms with Crippen molar-refractivity contribution in [3.63, 3.8) is 0 Å². The van der Waals surface area contributed by atoms with Gasteiger partial charge in [0.15, 0.2) is 0 Å². The summed E-state index contributed by atoms with van der Waals surface area (Å²) < 4.78 is 27.0. The third-order valence-electron chi connectivity index (χ3n) is 3.20. The SMILES string of the molecule is O=S(=O)(Cc1ccc(Cl)cc1)Nc1ccc(-c2ncc[nH]2)cc1. The highest BCUT2D eigenvalue weighted by Gasteiger charge is 2.12. The van der Waals surface area contributed by atoms with Crippen LogP contribution in [0.2, 0.25) is 5.02 Å². The van der Waals surface area contributed by atoms with Crippen molar-refractivity contribution < 1.29 is 8.42 Å². The summed E-state index contributed by atoms with van der Waals surface area (Å²) in [5.74, 6) is 0.630. The first kappa shape index (κ1) is 15.6. The molecule has 1 aromatic heterocycles. The molecular weight excluding hydrogens is 334 g/mol. The molecule has 2 N–H and O–H groups in total. The van der Waals surface area contributed by atoms with Gasteiger partial charge in [0.1, 0.15) is 5.82 Å². The Morgan fingerprint density at radius 1 is 1.04 bits per heavy atom. The Hall–Kier alpha value is -2.31. The number of rotatable bonds is 5. The van der Waals surface area contributed by atoms with E-state index in [1.54, 1.807) is 60.9 Å². The highest BCUT2D eigenvalue weighted by Crippen LogP contribution is 2.19. The van der Waals surface area contributed by atoms with Crippen LogP contribution in [0.4, 0.5) is 5.69 Å². The fourth-order valence-electron chi connectivity index (χ4n) is 2.13. The Balaban J connectivity index is 1.71. The number of benzene rings is 2. The summed E-state index contributed by atoms with van der Waals surface area (Å²) in [5.41, 5.74) is 2.07. The zero-order chi connectivity index (χ0) is 16.3. The predicted octanol–water partition coefficient (Wildman–Crippen LogP) is 3.67. The molecule has 0 radical (unpaired) electrons. The van der Waals surface area contributed by atoms with Crippen LogP contribution >= 0.6 is 11.6 Å². The van der Waals surface area contributed by atoms with Crippen LogP contribution in [0.1, 0.15) is 5.56 Å². The molecule has 3 aromatic rings. The molecule has 118 valence electrons. The summed E-state index contributed by atoms with van der Waals surface area (Å²) in [5, 5.41) is 0.577. The summed E-state index contributed by atoms with van der Waals surface area (Å²) >= 11 is 5.80. The number of H-pyrrole nitrogens is 1. The third-order valence-corrected chi connectivity index (χ3v) is 4.71. The maximum atomic E-state index is 12.2. The van der Waals surface area contributed by atoms with Crippen LogP contribution in [0.25, 0.3) is 11.4 Å². The molecule has 0 saturated carbocycles. The van der Waals surface area contributed by atoms with Gasteiger partial charge >= 0.3 is 0 Å². The van der Waals surface area contributed by atoms with Crippen LogP contribution in [-0.4, -0.2) is 18.4 Å². The zero-order valence-electron chi connectivity index (χ0n) is 12.0. The lowest BCUT2D eigenvalue weighted by Gasteiger charge is -2.08. The van der Waals surface area contributed by atoms with E-state index in [-0.39, 0.29) is 5.75 Å². The first-order valence-corrected chi connectivity index (χ1v) is 8.90. The number of aromatic nitrogens is 2. The first-order chi connectivity index (χ1) is 11.0. The summed E-state index contributed by atoms with van der Waals surface area (Å²) in [6.45, 7) is 0. The molecule has 3 rings (SSSR count). The van der Waals surface area contributed by atoms with Crippen LogP contribution < -0.4 is 4.72 Å². The number of nitrogens with one attached hydrogen (secondary N) is 2. The standard InChI is InChI=1S/C16H14ClN3O2S/c17-14-5-1-12(2-6-14)11-23(21,22)20-15-7-3-13(4-8-15)16-18-9-10-19-16/h1-10,20H,11H2,(H,18,19). The Morgan fingerprint density at radius 3 is 2.35 bits per heavy atom. The topological polar surface area (TPSA) is 74.8 Å². The molecule has 1 heterocycles. The van der Waals surface area contributed by atoms with Gasteiger partial charge in [-0.15, -0.1) is 0 Å². The second-order valence-corrected chi connectivity index (χ2v) is 7.16. The number of sulfonamides is 1. The summed E-state index contributed by atoms with van der Waals surface area (Å²) in [6.07, 6.45) is 3.40. The molecule has 5 nitrogen and oxygen atoms in total. The molecular formula is C16H14ClN3O2S. The number of halogens is 1. The third kappa shape index (κ3) is 4.12. The van der Waals surface area contributed by atoms with Gasteiger partial charge in [-0.1, -0.05) is 23.7 Å². The second-order valence-electron chi connectivity index (χ2n) is 5.00. The van der Waals surface area contributed by atoms with Gasteiger partial charge in [-0.05, 0) is 42.0 Å². The molecule has 23 heavy (non-hydrogen) atoms. The quantitative estimate of drug-likeness (QED) is 0.739. The minimum atomic E-state index is -3.48. The van der Waals surface area contributed by atoms with E-state index in [4.69, 9.17) is 11.6 Å². The fraction of sp³-hybridized carbons (Fsp3) is 0.0625. The highest BCUT2D eigenvalue weighted by molar-refractivity contribution is 7.91. The average Bonchev–Trinajstić information content (AvgIpc) is 3.04. The van der Waals surface area contributed by atoms with Crippen molar-refractivity contribution in [1.82, 2.24) is 9.97 Å². The van der Waals surface area contributed by atoms with Crippen molar-refractivity contribution in [2.24, 2.45) is 0 Å². The lowest BCUT2D eigenvalue weighted by molar-refractivity contribution is 0.600. The van der Waals surface area contributed by atoms with Crippen LogP contribution in [-0.2, 0) is 15.8 Å². The van der Waals surface area contributed by atoms with Gasteiger partial charge in [-0.3, -0.25) is 4.72 Å². The van der Waals surface area contributed by atoms with Crippen molar-refractivity contribution in [2.45, 2.75) is 5.75 Å². The van der Waals surface area contributed by atoms with Crippen molar-refractivity contribution in [3.8, 4) is 11.4 Å². The molecule has 2 aromatic carbocycles. The van der Waals surface area contributed by atoms with Crippen LogP contribution in [0, 0.1) is 0 Å². The van der Waals surface area contributed by atoms with E-state index >= 15 is 0 Å². The molecule has 0 aliphatic carbocycles. The minimum Gasteiger partial charge on any atom is -0.345 e. The number of imidazole rings is 1. The van der Waals surface area contributed by atoms with Crippen molar-refractivity contribution in [2.75, 3.05) is 4.72 Å². The minimum absolute atomic E-state index is 0.107. The van der Waals surface area contributed by atoms with E-state index in [0.29, 0.717) is 16.3 Å². The van der Waals surface area contributed by atoms with Crippen molar-refractivity contribution in [1.29, 1.82) is 0 Å². The molecule has 0 spiro atoms. The van der Waals surface area contributed by atoms with Crippen LogP contribution in [0.3, 0.4) is 0 Å². The van der Waals surface area contributed by atoms with Gasteiger partial charge in [-0.25, -0.2) is 13.4 Å². The monoisotopic (exact) mass is 347 g/mol. The van der Waals surface area contributed by atoms with Gasteiger partial charge in [0, 0.05) is 28.7 Å². The highest BCUT2D eigenvalue weighted by atomic mass is 35.5. The second kappa shape index (κ2) is 6.44. The molecule has 0 saturated heterocycles. The largest absolute Gasteiger partial charge is 0.345 e. The molecule has 0 amide bonds. The maximum Gasteiger partial charge on any atom is 0.236 e. The zero-order valence-corrected chi connectivity index (χ0v) is 13.6. The van der Waals surface area contributed by atoms with E-state index in [0.717, 1.165) is 11.4 Å². The lowest BCUT2D eigenvalue weighted by Crippen LogP contribution is -2.14. The van der Waals surface area contributed by atoms with Crippen molar-refractivity contribution in [3.05, 3.63) is 71.5 Å². The van der Waals surface area contributed by atoms with Gasteiger partial charge in [0.25, 0.3) is 0 Å². The van der Waals surface area contributed by atoms with E-state index < -0.39 is 10.0 Å². The summed E-state index contributed by atoms with van der Waals surface area (Å²) in [7, 11) is -3.48. The number of hydrogen-bond acceptors (Lipinski definition) is 3. The maximum absolute atomic E-state index is 12.2. The van der Waals surface area contributed by atoms with Gasteiger partial charge in [0.2, 0.25) is 10.0 Å². The number of nitrogens with zero attached hydrogens (tertiary/aromatic N) is 1. The fourth-order valence-corrected chi connectivity index (χ4v) is 3.46. The molecule has 0 fully saturated rings. The summed E-state index contributed by atoms with van der Waals surface area (Å²) in [4.78, 5) is 7.15. The lowest BCUT2D eigenvalue weighted by atomic mass is 10.2. The van der Waals surface area contributed by atoms with E-state index in [2.05, 4.69) is 14.7 Å². The van der Waals surface area contributed by atoms with Gasteiger partial charge in [-0.2, -0.15) is 0 Å². The summed E-state index contributed by atoms with van der Waals surface area (Å²) in [6, 6.07) is 13.8. The Bertz CT molecular complexity index is 874. The van der Waals surface area contributed by atoms with Crippen LogP contribution in [0.5, 0.6) is 0 Å². The van der Waals surface area contributed by atoms with Gasteiger partial charge < -0.3 is 4.98 Å².